The first-order chi connectivity index (χ1) is 23.9. The summed E-state index contributed by atoms with van der Waals surface area (Å²) in [5.41, 5.74) is 3.57. The molecule has 11 heteroatoms. The summed E-state index contributed by atoms with van der Waals surface area (Å²) in [6.07, 6.45) is -0.833. The van der Waals surface area contributed by atoms with E-state index in [1.807, 2.05) is 6.07 Å². The van der Waals surface area contributed by atoms with Crippen LogP contribution in [0.25, 0.3) is 0 Å². The van der Waals surface area contributed by atoms with Crippen LogP contribution in [0.1, 0.15) is 39.5 Å². The van der Waals surface area contributed by atoms with Crippen molar-refractivity contribution in [2.24, 2.45) is 0 Å². The highest BCUT2D eigenvalue weighted by molar-refractivity contribution is 6.00. The topological polar surface area (TPSA) is 83.6 Å². The average Bonchev–Trinajstić information content (AvgIpc) is 3.10. The predicted octanol–water partition coefficient (Wildman–Crippen LogP) is 7.68. The number of ketones is 1. The molecule has 4 aromatic carbocycles. The van der Waals surface area contributed by atoms with Crippen LogP contribution in [0.3, 0.4) is 0 Å². The first-order valence-corrected chi connectivity index (χ1v) is 16.5. The van der Waals surface area contributed by atoms with Gasteiger partial charge in [0.2, 0.25) is 0 Å². The molecule has 1 aliphatic rings. The predicted molar refractivity (Wildman–Crippen MR) is 192 cm³/mol. The van der Waals surface area contributed by atoms with Crippen molar-refractivity contribution in [1.29, 1.82) is 0 Å². The SMILES string of the molecule is CNc1cccc(N(C(=O)Oc2cc(C(=O)Cc3ccc(CN4CCN(C)CC4)c(C(C)(F)F)c3)ccc2C)c2ccc(OC)cc2OC)c1. The molecule has 264 valence electrons. The largest absolute Gasteiger partial charge is 0.497 e. The lowest BCUT2D eigenvalue weighted by Crippen LogP contribution is -2.44. The molecule has 9 nitrogen and oxygen atoms in total. The van der Waals surface area contributed by atoms with Gasteiger partial charge in [0.15, 0.2) is 5.78 Å². The number of piperazine rings is 1. The zero-order chi connectivity index (χ0) is 36.0. The normalized spacial score (nSPS) is 13.8. The van der Waals surface area contributed by atoms with Crippen LogP contribution < -0.4 is 24.4 Å². The van der Waals surface area contributed by atoms with Crippen molar-refractivity contribution in [1.82, 2.24) is 9.80 Å². The molecule has 0 radical (unpaired) electrons. The van der Waals surface area contributed by atoms with Gasteiger partial charge in [-0.05, 0) is 73.1 Å². The summed E-state index contributed by atoms with van der Waals surface area (Å²) in [6, 6.07) is 22.1. The number of halogens is 2. The summed E-state index contributed by atoms with van der Waals surface area (Å²) in [6.45, 7) is 6.46. The van der Waals surface area contributed by atoms with Gasteiger partial charge in [-0.1, -0.05) is 30.3 Å². The van der Waals surface area contributed by atoms with Crippen LogP contribution in [0.15, 0.2) is 78.9 Å². The van der Waals surface area contributed by atoms with Crippen LogP contribution in [-0.2, 0) is 18.9 Å². The average molecular weight is 687 g/mol. The number of likely N-dealkylation sites (N-methyl/N-ethyl adjacent to an activating group) is 1. The Kier molecular flexibility index (Phi) is 11.4. The summed E-state index contributed by atoms with van der Waals surface area (Å²) in [5, 5.41) is 3.08. The summed E-state index contributed by atoms with van der Waals surface area (Å²) in [5.74, 6) is -2.26. The van der Waals surface area contributed by atoms with E-state index in [0.29, 0.717) is 46.1 Å². The summed E-state index contributed by atoms with van der Waals surface area (Å²) < 4.78 is 46.6. The van der Waals surface area contributed by atoms with Crippen LogP contribution in [0, 0.1) is 6.92 Å². The first-order valence-electron chi connectivity index (χ1n) is 16.5. The van der Waals surface area contributed by atoms with Gasteiger partial charge in [0.25, 0.3) is 5.92 Å². The number of Topliss-reactive ketones (excluding diaryl/α,β-unsaturated/α-hetero) is 1. The Morgan fingerprint density at radius 2 is 1.66 bits per heavy atom. The zero-order valence-electron chi connectivity index (χ0n) is 29.4. The third-order valence-electron chi connectivity index (χ3n) is 8.91. The maximum absolute atomic E-state index is 14.8. The highest BCUT2D eigenvalue weighted by Gasteiger charge is 2.30. The molecule has 0 unspecified atom stereocenters. The minimum absolute atomic E-state index is 0.0725. The Balaban J connectivity index is 1.40. The minimum Gasteiger partial charge on any atom is -0.497 e. The second kappa shape index (κ2) is 15.7. The number of nitrogens with zero attached hydrogens (tertiary/aromatic N) is 3. The molecular formula is C39H44F2N4O5. The van der Waals surface area contributed by atoms with Gasteiger partial charge in [-0.3, -0.25) is 9.69 Å². The molecule has 1 heterocycles. The molecular weight excluding hydrogens is 642 g/mol. The number of hydrogen-bond donors (Lipinski definition) is 1. The molecule has 0 aromatic heterocycles. The quantitative estimate of drug-likeness (QED) is 0.152. The molecule has 0 saturated carbocycles. The van der Waals surface area contributed by atoms with E-state index in [2.05, 4.69) is 22.2 Å². The lowest BCUT2D eigenvalue weighted by atomic mass is 9.95. The van der Waals surface area contributed by atoms with Gasteiger partial charge < -0.3 is 24.4 Å². The van der Waals surface area contributed by atoms with E-state index in [1.54, 1.807) is 74.6 Å². The van der Waals surface area contributed by atoms with Crippen molar-refractivity contribution in [3.05, 3.63) is 107 Å². The van der Waals surface area contributed by atoms with E-state index in [0.717, 1.165) is 38.8 Å². The third kappa shape index (κ3) is 8.58. The van der Waals surface area contributed by atoms with E-state index < -0.39 is 12.0 Å². The summed E-state index contributed by atoms with van der Waals surface area (Å²) in [4.78, 5) is 33.3. The molecule has 1 saturated heterocycles. The number of aryl methyl sites for hydroxylation is 1. The van der Waals surface area contributed by atoms with E-state index >= 15 is 0 Å². The van der Waals surface area contributed by atoms with Crippen LogP contribution in [0.4, 0.5) is 30.6 Å². The molecule has 1 aliphatic heterocycles. The van der Waals surface area contributed by atoms with Gasteiger partial charge in [-0.15, -0.1) is 0 Å². The molecule has 5 rings (SSSR count). The van der Waals surface area contributed by atoms with Crippen molar-refractivity contribution in [2.75, 3.05) is 64.7 Å². The van der Waals surface area contributed by atoms with Gasteiger partial charge in [-0.25, -0.2) is 18.5 Å². The molecule has 50 heavy (non-hydrogen) atoms. The fraction of sp³-hybridized carbons (Fsp3) is 0.333. The molecule has 0 atom stereocenters. The van der Waals surface area contributed by atoms with Gasteiger partial charge >= 0.3 is 6.09 Å². The Hall–Kier alpha value is -5.00. The van der Waals surface area contributed by atoms with Gasteiger partial charge in [0.05, 0.1) is 25.6 Å². The number of ether oxygens (including phenoxy) is 3. The van der Waals surface area contributed by atoms with E-state index in [1.165, 1.54) is 31.3 Å². The first kappa shape index (κ1) is 36.3. The van der Waals surface area contributed by atoms with E-state index in [-0.39, 0.29) is 29.1 Å². The monoisotopic (exact) mass is 686 g/mol. The number of rotatable bonds is 12. The smallest absolute Gasteiger partial charge is 0.424 e. The standard InChI is InChI=1S/C39H44F2N4O5/c1-26-10-12-28(35(46)21-27-11-13-29(33(20-27)39(2,40)41)25-44-18-16-43(4)17-19-44)22-36(26)50-38(47)45(31-9-7-8-30(23-31)42-3)34-15-14-32(48-5)24-37(34)49-6/h7-15,20,22-24,42H,16-19,21,25H2,1-6H3. The second-order valence-electron chi connectivity index (χ2n) is 12.6. The summed E-state index contributed by atoms with van der Waals surface area (Å²) in [7, 11) is 6.86. The van der Waals surface area contributed by atoms with Crippen molar-refractivity contribution < 1.29 is 32.6 Å². The number of benzene rings is 4. The Morgan fingerprint density at radius 1 is 0.900 bits per heavy atom. The van der Waals surface area contributed by atoms with Crippen molar-refractivity contribution in [3.63, 3.8) is 0 Å². The van der Waals surface area contributed by atoms with E-state index in [4.69, 9.17) is 14.2 Å². The zero-order valence-corrected chi connectivity index (χ0v) is 29.4. The Morgan fingerprint density at radius 3 is 2.34 bits per heavy atom. The fourth-order valence-corrected chi connectivity index (χ4v) is 5.95. The molecule has 0 bridgehead atoms. The van der Waals surface area contributed by atoms with Gasteiger partial charge in [0, 0.05) is 76.0 Å². The van der Waals surface area contributed by atoms with Gasteiger partial charge in [0.1, 0.15) is 17.2 Å². The minimum atomic E-state index is -3.07. The lowest BCUT2D eigenvalue weighted by Gasteiger charge is -2.33. The molecule has 1 amide bonds. The van der Waals surface area contributed by atoms with Crippen LogP contribution in [-0.4, -0.2) is 76.2 Å². The maximum atomic E-state index is 14.8. The number of anilines is 3. The summed E-state index contributed by atoms with van der Waals surface area (Å²) >= 11 is 0. The highest BCUT2D eigenvalue weighted by atomic mass is 19.3. The van der Waals surface area contributed by atoms with Gasteiger partial charge in [-0.2, -0.15) is 0 Å². The second-order valence-corrected chi connectivity index (χ2v) is 12.6. The van der Waals surface area contributed by atoms with Crippen molar-refractivity contribution in [3.8, 4) is 17.2 Å². The fourth-order valence-electron chi connectivity index (χ4n) is 5.95. The van der Waals surface area contributed by atoms with Crippen LogP contribution >= 0.6 is 0 Å². The number of carbonyl (C=O) groups excluding carboxylic acids is 2. The highest BCUT2D eigenvalue weighted by Crippen LogP contribution is 2.38. The molecule has 0 spiro atoms. The molecule has 1 fully saturated rings. The van der Waals surface area contributed by atoms with Crippen molar-refractivity contribution in [2.45, 2.75) is 32.7 Å². The number of methoxy groups -OCH3 is 2. The van der Waals surface area contributed by atoms with Crippen molar-refractivity contribution >= 4 is 28.9 Å². The molecule has 0 aliphatic carbocycles. The molecule has 1 N–H and O–H groups in total. The molecule has 4 aromatic rings. The number of amides is 1. The number of nitrogens with one attached hydrogen (secondary N) is 1. The number of carbonyl (C=O) groups is 2. The Labute approximate surface area is 292 Å². The number of alkyl halides is 2. The maximum Gasteiger partial charge on any atom is 0.424 e. The lowest BCUT2D eigenvalue weighted by molar-refractivity contribution is 0.0154. The third-order valence-corrected chi connectivity index (χ3v) is 8.91. The van der Waals surface area contributed by atoms with Crippen LogP contribution in [0.5, 0.6) is 17.2 Å². The van der Waals surface area contributed by atoms with E-state index in [9.17, 15) is 18.4 Å². The number of hydrogen-bond acceptors (Lipinski definition) is 8. The van der Waals surface area contributed by atoms with Crippen LogP contribution in [0.2, 0.25) is 0 Å². The Bertz CT molecular complexity index is 1840.